The summed E-state index contributed by atoms with van der Waals surface area (Å²) >= 11 is 0. The zero-order valence-corrected chi connectivity index (χ0v) is 10.2. The molecule has 1 amide bonds. The molecular formula is C12H11NO4S. The van der Waals surface area contributed by atoms with Crippen molar-refractivity contribution in [2.75, 3.05) is 5.32 Å². The molecule has 0 aliphatic heterocycles. The second-order valence-electron chi connectivity index (χ2n) is 3.82. The van der Waals surface area contributed by atoms with Crippen molar-refractivity contribution in [3.05, 3.63) is 42.0 Å². The Balaban J connectivity index is 2.38. The fourth-order valence-electron chi connectivity index (χ4n) is 1.74. The van der Waals surface area contributed by atoms with Crippen molar-refractivity contribution in [2.45, 2.75) is 5.75 Å². The van der Waals surface area contributed by atoms with Crippen molar-refractivity contribution >= 4 is 33.3 Å². The van der Waals surface area contributed by atoms with Crippen molar-refractivity contribution < 1.29 is 18.3 Å². The number of carboxylic acid groups (broad SMARTS) is 1. The number of hydrogen-bond donors (Lipinski definition) is 3. The van der Waals surface area contributed by atoms with E-state index in [2.05, 4.69) is 5.32 Å². The van der Waals surface area contributed by atoms with E-state index in [4.69, 9.17) is 5.11 Å². The van der Waals surface area contributed by atoms with E-state index in [0.29, 0.717) is 5.69 Å². The SMILES string of the molecule is O=C(O)Nc1ccc2cc(C[SH](=O)=O)ccc2c1. The van der Waals surface area contributed by atoms with Crippen LogP contribution < -0.4 is 5.32 Å². The molecule has 2 aromatic carbocycles. The summed E-state index contributed by atoms with van der Waals surface area (Å²) in [7, 11) is -2.44. The first-order valence-electron chi connectivity index (χ1n) is 5.19. The van der Waals surface area contributed by atoms with Gasteiger partial charge in [0.2, 0.25) is 0 Å². The summed E-state index contributed by atoms with van der Waals surface area (Å²) in [5.41, 5.74) is 1.20. The van der Waals surface area contributed by atoms with Crippen LogP contribution in [0.1, 0.15) is 5.56 Å². The average molecular weight is 265 g/mol. The molecule has 0 bridgehead atoms. The molecule has 2 N–H and O–H groups in total. The molecule has 0 aromatic heterocycles. The van der Waals surface area contributed by atoms with Gasteiger partial charge in [0, 0.05) is 5.69 Å². The molecule has 0 aliphatic carbocycles. The number of carbonyl (C=O) groups is 1. The lowest BCUT2D eigenvalue weighted by Gasteiger charge is -2.04. The highest BCUT2D eigenvalue weighted by Gasteiger charge is 2.01. The smallest absolute Gasteiger partial charge is 0.409 e. The molecule has 2 rings (SSSR count). The highest BCUT2D eigenvalue weighted by molar-refractivity contribution is 7.71. The average Bonchev–Trinajstić information content (AvgIpc) is 2.27. The molecule has 0 heterocycles. The van der Waals surface area contributed by atoms with Gasteiger partial charge in [0.25, 0.3) is 0 Å². The maximum absolute atomic E-state index is 10.6. The topological polar surface area (TPSA) is 83.5 Å². The van der Waals surface area contributed by atoms with Gasteiger partial charge in [-0.1, -0.05) is 24.3 Å². The predicted octanol–water partition coefficient (Wildman–Crippen LogP) is 2.04. The third-order valence-corrected chi connectivity index (χ3v) is 3.09. The predicted molar refractivity (Wildman–Crippen MR) is 69.6 cm³/mol. The van der Waals surface area contributed by atoms with Crippen molar-refractivity contribution in [1.82, 2.24) is 0 Å². The first-order valence-corrected chi connectivity index (χ1v) is 6.55. The van der Waals surface area contributed by atoms with Crippen molar-refractivity contribution in [3.8, 4) is 0 Å². The lowest BCUT2D eigenvalue weighted by Crippen LogP contribution is -2.06. The van der Waals surface area contributed by atoms with E-state index in [1.54, 1.807) is 36.4 Å². The summed E-state index contributed by atoms with van der Waals surface area (Å²) in [5, 5.41) is 12.6. The zero-order valence-electron chi connectivity index (χ0n) is 9.29. The maximum atomic E-state index is 10.6. The lowest BCUT2D eigenvalue weighted by molar-refractivity contribution is 0.210. The van der Waals surface area contributed by atoms with Crippen molar-refractivity contribution in [1.29, 1.82) is 0 Å². The van der Waals surface area contributed by atoms with Crippen LogP contribution in [-0.2, 0) is 16.5 Å². The van der Waals surface area contributed by atoms with Gasteiger partial charge in [-0.25, -0.2) is 13.2 Å². The van der Waals surface area contributed by atoms with Gasteiger partial charge in [-0.15, -0.1) is 0 Å². The second-order valence-corrected chi connectivity index (χ2v) is 4.80. The Morgan fingerprint density at radius 2 is 1.78 bits per heavy atom. The minimum atomic E-state index is -2.44. The first kappa shape index (κ1) is 12.4. The lowest BCUT2D eigenvalue weighted by atomic mass is 10.1. The molecule has 0 radical (unpaired) electrons. The Morgan fingerprint density at radius 1 is 1.11 bits per heavy atom. The minimum absolute atomic E-state index is 0.0143. The van der Waals surface area contributed by atoms with Crippen LogP contribution in [0.15, 0.2) is 36.4 Å². The molecule has 0 unspecified atom stereocenters. The second kappa shape index (κ2) is 5.05. The standard InChI is InChI=1S/C12H11NO4S/c14-12(15)13-11-4-3-9-5-8(7-18(16)17)1-2-10(9)6-11/h1-6,13,18H,7H2,(H,14,15). The Bertz CT molecular complexity index is 671. The van der Waals surface area contributed by atoms with E-state index in [-0.39, 0.29) is 5.75 Å². The van der Waals surface area contributed by atoms with Crippen LogP contribution in [0.3, 0.4) is 0 Å². The molecule has 6 heteroatoms. The molecule has 2 aromatic rings. The summed E-state index contributed by atoms with van der Waals surface area (Å²) < 4.78 is 21.3. The number of fused-ring (bicyclic) bond motifs is 1. The highest BCUT2D eigenvalue weighted by atomic mass is 32.2. The number of anilines is 1. The highest BCUT2D eigenvalue weighted by Crippen LogP contribution is 2.21. The number of nitrogens with one attached hydrogen (secondary N) is 1. The largest absolute Gasteiger partial charge is 0.465 e. The summed E-state index contributed by atoms with van der Waals surface area (Å²) in [6.45, 7) is 0. The Labute approximate surface area is 105 Å². The van der Waals surface area contributed by atoms with Gasteiger partial charge in [-0.3, -0.25) is 5.32 Å². The molecular weight excluding hydrogens is 254 g/mol. The molecule has 18 heavy (non-hydrogen) atoms. The van der Waals surface area contributed by atoms with Crippen LogP contribution in [-0.4, -0.2) is 19.6 Å². The maximum Gasteiger partial charge on any atom is 0.409 e. The quantitative estimate of drug-likeness (QED) is 0.741. The van der Waals surface area contributed by atoms with Gasteiger partial charge in [-0.05, 0) is 28.5 Å². The van der Waals surface area contributed by atoms with E-state index in [1.807, 2.05) is 0 Å². The number of amides is 1. The molecule has 0 atom stereocenters. The van der Waals surface area contributed by atoms with E-state index < -0.39 is 16.8 Å². The van der Waals surface area contributed by atoms with E-state index in [1.165, 1.54) is 0 Å². The number of rotatable bonds is 3. The van der Waals surface area contributed by atoms with E-state index in [9.17, 15) is 13.2 Å². The van der Waals surface area contributed by atoms with Crippen LogP contribution in [0.25, 0.3) is 10.8 Å². The normalized spacial score (nSPS) is 10.7. The number of benzene rings is 2. The van der Waals surface area contributed by atoms with Gasteiger partial charge in [0.15, 0.2) is 0 Å². The summed E-state index contributed by atoms with van der Waals surface area (Å²) in [5.74, 6) is 0.0143. The molecule has 0 fully saturated rings. The van der Waals surface area contributed by atoms with Crippen LogP contribution in [0, 0.1) is 0 Å². The fraction of sp³-hybridized carbons (Fsp3) is 0.0833. The van der Waals surface area contributed by atoms with Gasteiger partial charge in [0.05, 0.1) is 5.75 Å². The number of hydrogen-bond acceptors (Lipinski definition) is 3. The van der Waals surface area contributed by atoms with Gasteiger partial charge in [0.1, 0.15) is 10.7 Å². The Kier molecular flexibility index (Phi) is 3.47. The van der Waals surface area contributed by atoms with Crippen LogP contribution in [0.5, 0.6) is 0 Å². The van der Waals surface area contributed by atoms with Crippen molar-refractivity contribution in [2.24, 2.45) is 0 Å². The summed E-state index contributed by atoms with van der Waals surface area (Å²) in [4.78, 5) is 10.5. The monoisotopic (exact) mass is 265 g/mol. The molecule has 0 aliphatic rings. The van der Waals surface area contributed by atoms with E-state index >= 15 is 0 Å². The number of thiol groups is 1. The Hall–Kier alpha value is -2.08. The third kappa shape index (κ3) is 2.98. The third-order valence-electron chi connectivity index (χ3n) is 2.47. The molecule has 5 nitrogen and oxygen atoms in total. The molecule has 0 saturated carbocycles. The Morgan fingerprint density at radius 3 is 2.44 bits per heavy atom. The van der Waals surface area contributed by atoms with Crippen LogP contribution >= 0.6 is 0 Å². The van der Waals surface area contributed by atoms with Gasteiger partial charge in [-0.2, -0.15) is 0 Å². The molecule has 0 spiro atoms. The summed E-state index contributed by atoms with van der Waals surface area (Å²) in [6, 6.07) is 10.4. The summed E-state index contributed by atoms with van der Waals surface area (Å²) in [6.07, 6.45) is -1.12. The van der Waals surface area contributed by atoms with Gasteiger partial charge >= 0.3 is 6.09 Å². The van der Waals surface area contributed by atoms with Gasteiger partial charge < -0.3 is 5.11 Å². The molecule has 94 valence electrons. The van der Waals surface area contributed by atoms with E-state index in [0.717, 1.165) is 16.3 Å². The zero-order chi connectivity index (χ0) is 13.1. The van der Waals surface area contributed by atoms with Crippen LogP contribution in [0.4, 0.5) is 10.5 Å². The minimum Gasteiger partial charge on any atom is -0.465 e. The molecule has 0 saturated heterocycles. The fourth-order valence-corrected chi connectivity index (χ4v) is 2.24. The first-order chi connectivity index (χ1) is 8.54. The van der Waals surface area contributed by atoms with Crippen molar-refractivity contribution in [3.63, 3.8) is 0 Å². The van der Waals surface area contributed by atoms with Crippen LogP contribution in [0.2, 0.25) is 0 Å².